The minimum Gasteiger partial charge on any atom is -0.303 e. The van der Waals surface area contributed by atoms with Gasteiger partial charge in [-0.1, -0.05) is 0 Å². The zero-order valence-electron chi connectivity index (χ0n) is 6.80. The van der Waals surface area contributed by atoms with E-state index in [0.29, 0.717) is 17.6 Å². The maximum atomic E-state index is 12.1. The largest absolute Gasteiger partial charge is 0.425 e. The Morgan fingerprint density at radius 1 is 1.43 bits per heavy atom. The summed E-state index contributed by atoms with van der Waals surface area (Å²) in [6.45, 7) is 0. The number of carbonyl (C=O) groups is 2. The highest BCUT2D eigenvalue weighted by Crippen LogP contribution is 2.34. The van der Waals surface area contributed by atoms with E-state index < -0.39 is 16.8 Å². The van der Waals surface area contributed by atoms with E-state index in [1.165, 1.54) is 0 Å². The van der Waals surface area contributed by atoms with Crippen LogP contribution in [0, 0.1) is 0 Å². The molecule has 0 N–H and O–H groups in total. The van der Waals surface area contributed by atoms with Gasteiger partial charge < -0.3 is 4.79 Å². The number of halogens is 3. The quantitative estimate of drug-likeness (QED) is 0.447. The Hall–Kier alpha value is -1.17. The molecule has 0 aromatic carbocycles. The van der Waals surface area contributed by atoms with Crippen LogP contribution in [-0.2, 0) is 11.0 Å². The summed E-state index contributed by atoms with van der Waals surface area (Å²) in [6, 6.07) is 1.92. The van der Waals surface area contributed by atoms with Crippen molar-refractivity contribution in [1.29, 1.82) is 0 Å². The number of rotatable bonds is 3. The standard InChI is InChI=1S/C8H5F3O2S/c9-8(10,11)7-2-1-6(14-7)5(13)3-4-12/h1-2,4H,3H2. The van der Waals surface area contributed by atoms with Crippen molar-refractivity contribution in [2.24, 2.45) is 0 Å². The molecule has 1 aromatic heterocycles. The lowest BCUT2D eigenvalue weighted by molar-refractivity contribution is -0.134. The SMILES string of the molecule is O=CCC(=O)c1ccc(C(F)(F)F)s1. The molecule has 0 bridgehead atoms. The fourth-order valence-corrected chi connectivity index (χ4v) is 1.64. The van der Waals surface area contributed by atoms with Gasteiger partial charge in [0.2, 0.25) is 0 Å². The third kappa shape index (κ3) is 2.41. The lowest BCUT2D eigenvalue weighted by Gasteiger charge is -2.00. The summed E-state index contributed by atoms with van der Waals surface area (Å²) in [5.41, 5.74) is 0. The monoisotopic (exact) mass is 222 g/mol. The molecule has 0 saturated carbocycles. The second-order valence-electron chi connectivity index (χ2n) is 2.46. The number of alkyl halides is 3. The van der Waals surface area contributed by atoms with Crippen molar-refractivity contribution in [3.63, 3.8) is 0 Å². The van der Waals surface area contributed by atoms with Crippen molar-refractivity contribution < 1.29 is 22.8 Å². The number of carbonyl (C=O) groups excluding carboxylic acids is 2. The van der Waals surface area contributed by atoms with E-state index in [2.05, 4.69) is 0 Å². The number of aldehydes is 1. The van der Waals surface area contributed by atoms with Gasteiger partial charge in [-0.2, -0.15) is 13.2 Å². The van der Waals surface area contributed by atoms with Gasteiger partial charge in [-0.25, -0.2) is 0 Å². The molecule has 0 aliphatic carbocycles. The third-order valence-corrected chi connectivity index (χ3v) is 2.60. The van der Waals surface area contributed by atoms with Gasteiger partial charge >= 0.3 is 6.18 Å². The minimum atomic E-state index is -4.43. The van der Waals surface area contributed by atoms with Crippen LogP contribution < -0.4 is 0 Å². The maximum Gasteiger partial charge on any atom is 0.425 e. The van der Waals surface area contributed by atoms with Crippen molar-refractivity contribution in [3.05, 3.63) is 21.9 Å². The molecule has 0 saturated heterocycles. The van der Waals surface area contributed by atoms with Crippen LogP contribution in [0.25, 0.3) is 0 Å². The smallest absolute Gasteiger partial charge is 0.303 e. The molecule has 0 radical (unpaired) electrons. The van der Waals surface area contributed by atoms with E-state index >= 15 is 0 Å². The van der Waals surface area contributed by atoms with Gasteiger partial charge in [-0.15, -0.1) is 11.3 Å². The first-order chi connectivity index (χ1) is 6.45. The summed E-state index contributed by atoms with van der Waals surface area (Å²) >= 11 is 0.354. The highest BCUT2D eigenvalue weighted by Gasteiger charge is 2.32. The zero-order valence-corrected chi connectivity index (χ0v) is 7.61. The molecule has 76 valence electrons. The van der Waals surface area contributed by atoms with Crippen molar-refractivity contribution >= 4 is 23.4 Å². The summed E-state index contributed by atoms with van der Waals surface area (Å²) in [4.78, 5) is 20.1. The molecule has 6 heteroatoms. The Bertz CT molecular complexity index is 354. The Morgan fingerprint density at radius 2 is 2.07 bits per heavy atom. The first-order valence-electron chi connectivity index (χ1n) is 3.59. The molecular weight excluding hydrogens is 217 g/mol. The summed E-state index contributed by atoms with van der Waals surface area (Å²) in [7, 11) is 0. The molecule has 2 nitrogen and oxygen atoms in total. The van der Waals surface area contributed by atoms with Gasteiger partial charge in [-0.3, -0.25) is 4.79 Å². The zero-order chi connectivity index (χ0) is 10.8. The normalized spacial score (nSPS) is 11.4. The molecule has 0 spiro atoms. The molecule has 0 unspecified atom stereocenters. The molecule has 0 aliphatic heterocycles. The molecule has 0 aliphatic rings. The average Bonchev–Trinajstić information content (AvgIpc) is 2.51. The second kappa shape index (κ2) is 3.91. The van der Waals surface area contributed by atoms with Crippen LogP contribution in [0.4, 0.5) is 13.2 Å². The van der Waals surface area contributed by atoms with Gasteiger partial charge in [0.05, 0.1) is 11.3 Å². The van der Waals surface area contributed by atoms with E-state index in [1.54, 1.807) is 0 Å². The fourth-order valence-electron chi connectivity index (χ4n) is 0.816. The van der Waals surface area contributed by atoms with Gasteiger partial charge in [0.25, 0.3) is 0 Å². The third-order valence-electron chi connectivity index (χ3n) is 1.43. The second-order valence-corrected chi connectivity index (χ2v) is 3.54. The predicted octanol–water partition coefficient (Wildman–Crippen LogP) is 2.54. The van der Waals surface area contributed by atoms with Gasteiger partial charge in [0.1, 0.15) is 11.2 Å². The van der Waals surface area contributed by atoms with Crippen LogP contribution in [0.15, 0.2) is 12.1 Å². The first-order valence-corrected chi connectivity index (χ1v) is 4.40. The lowest BCUT2D eigenvalue weighted by atomic mass is 10.2. The molecule has 0 atom stereocenters. The topological polar surface area (TPSA) is 34.1 Å². The summed E-state index contributed by atoms with van der Waals surface area (Å²) < 4.78 is 36.2. The summed E-state index contributed by atoms with van der Waals surface area (Å²) in [5.74, 6) is -0.583. The van der Waals surface area contributed by atoms with Gasteiger partial charge in [0, 0.05) is 0 Å². The molecule has 1 heterocycles. The average molecular weight is 222 g/mol. The highest BCUT2D eigenvalue weighted by molar-refractivity contribution is 7.14. The van der Waals surface area contributed by atoms with Gasteiger partial charge in [0.15, 0.2) is 5.78 Å². The molecule has 0 amide bonds. The van der Waals surface area contributed by atoms with Crippen molar-refractivity contribution in [3.8, 4) is 0 Å². The Kier molecular flexibility index (Phi) is 3.05. The number of Topliss-reactive ketones (excluding diaryl/α,β-unsaturated/α-hetero) is 1. The summed E-state index contributed by atoms with van der Waals surface area (Å²) in [5, 5.41) is 0. The fraction of sp³-hybridized carbons (Fsp3) is 0.250. The van der Waals surface area contributed by atoms with E-state index in [4.69, 9.17) is 0 Å². The first kappa shape index (κ1) is 10.9. The lowest BCUT2D eigenvalue weighted by Crippen LogP contribution is -2.01. The number of hydrogen-bond donors (Lipinski definition) is 0. The van der Waals surface area contributed by atoms with Crippen LogP contribution >= 0.6 is 11.3 Å². The number of hydrogen-bond acceptors (Lipinski definition) is 3. The van der Waals surface area contributed by atoms with Crippen molar-refractivity contribution in [2.75, 3.05) is 0 Å². The predicted molar refractivity (Wildman–Crippen MR) is 44.3 cm³/mol. The Balaban J connectivity index is 2.88. The number of thiophene rings is 1. The van der Waals surface area contributed by atoms with Crippen LogP contribution in [0.2, 0.25) is 0 Å². The van der Waals surface area contributed by atoms with E-state index in [9.17, 15) is 22.8 Å². The van der Waals surface area contributed by atoms with Crippen molar-refractivity contribution in [2.45, 2.75) is 12.6 Å². The highest BCUT2D eigenvalue weighted by atomic mass is 32.1. The molecule has 0 fully saturated rings. The Morgan fingerprint density at radius 3 is 2.50 bits per heavy atom. The summed E-state index contributed by atoms with van der Waals surface area (Å²) in [6.07, 6.45) is -4.43. The van der Waals surface area contributed by atoms with E-state index in [-0.39, 0.29) is 11.3 Å². The molecule has 1 rings (SSSR count). The van der Waals surface area contributed by atoms with Crippen LogP contribution in [-0.4, -0.2) is 12.1 Å². The molecule has 14 heavy (non-hydrogen) atoms. The Labute approximate surface area is 81.4 Å². The molecule has 1 aromatic rings. The van der Waals surface area contributed by atoms with Crippen LogP contribution in [0.3, 0.4) is 0 Å². The maximum absolute atomic E-state index is 12.1. The van der Waals surface area contributed by atoms with E-state index in [0.717, 1.165) is 12.1 Å². The van der Waals surface area contributed by atoms with Crippen LogP contribution in [0.5, 0.6) is 0 Å². The van der Waals surface area contributed by atoms with Crippen LogP contribution in [0.1, 0.15) is 21.0 Å². The van der Waals surface area contributed by atoms with E-state index in [1.807, 2.05) is 0 Å². The number of ketones is 1. The minimum absolute atomic E-state index is 0.0376. The van der Waals surface area contributed by atoms with Crippen molar-refractivity contribution in [1.82, 2.24) is 0 Å². The van der Waals surface area contributed by atoms with Gasteiger partial charge in [-0.05, 0) is 12.1 Å². The molecular formula is C8H5F3O2S.